The Morgan fingerprint density at radius 2 is 1.95 bits per heavy atom. The van der Waals surface area contributed by atoms with Crippen LogP contribution in [-0.4, -0.2) is 47.5 Å². The van der Waals surface area contributed by atoms with Crippen LogP contribution >= 0.6 is 0 Å². The molecule has 124 valence electrons. The summed E-state index contributed by atoms with van der Waals surface area (Å²) >= 11 is 0. The van der Waals surface area contributed by atoms with Crippen LogP contribution in [0.3, 0.4) is 0 Å². The molecule has 1 aliphatic rings. The van der Waals surface area contributed by atoms with Crippen LogP contribution in [0.25, 0.3) is 0 Å². The minimum atomic E-state index is -0.0177. The van der Waals surface area contributed by atoms with Gasteiger partial charge < -0.3 is 15.0 Å². The lowest BCUT2D eigenvalue weighted by atomic mass is 9.92. The van der Waals surface area contributed by atoms with Gasteiger partial charge in [-0.2, -0.15) is 5.10 Å². The molecule has 1 aliphatic heterocycles. The van der Waals surface area contributed by atoms with Gasteiger partial charge in [-0.1, -0.05) is 13.8 Å². The van der Waals surface area contributed by atoms with Gasteiger partial charge in [-0.25, -0.2) is 4.79 Å². The van der Waals surface area contributed by atoms with Crippen molar-refractivity contribution in [1.82, 2.24) is 14.7 Å². The fourth-order valence-corrected chi connectivity index (χ4v) is 3.29. The number of carbonyl (C=O) groups is 1. The van der Waals surface area contributed by atoms with Gasteiger partial charge >= 0.3 is 6.03 Å². The van der Waals surface area contributed by atoms with Gasteiger partial charge in [-0.15, -0.1) is 0 Å². The van der Waals surface area contributed by atoms with Crippen LogP contribution in [0.5, 0.6) is 0 Å². The van der Waals surface area contributed by atoms with Gasteiger partial charge in [0.05, 0.1) is 30.2 Å². The summed E-state index contributed by atoms with van der Waals surface area (Å²) in [6, 6.07) is -0.0177. The van der Waals surface area contributed by atoms with E-state index < -0.39 is 0 Å². The Morgan fingerprint density at radius 1 is 1.32 bits per heavy atom. The molecule has 0 spiro atoms. The number of rotatable bonds is 4. The lowest BCUT2D eigenvalue weighted by Gasteiger charge is -2.34. The molecule has 0 aliphatic carbocycles. The molecule has 6 heteroatoms. The Labute approximate surface area is 132 Å². The zero-order valence-corrected chi connectivity index (χ0v) is 14.3. The summed E-state index contributed by atoms with van der Waals surface area (Å²) in [5.41, 5.74) is 2.65. The molecule has 2 heterocycles. The van der Waals surface area contributed by atoms with E-state index in [0.29, 0.717) is 25.0 Å². The van der Waals surface area contributed by atoms with E-state index in [1.54, 1.807) is 7.11 Å². The predicted octanol–water partition coefficient (Wildman–Crippen LogP) is 2.66. The average molecular weight is 308 g/mol. The topological polar surface area (TPSA) is 59.4 Å². The lowest BCUT2D eigenvalue weighted by Crippen LogP contribution is -2.44. The Balaban J connectivity index is 2.06. The maximum Gasteiger partial charge on any atom is 0.321 e. The minimum absolute atomic E-state index is 0.0177. The molecule has 0 aromatic carbocycles. The Morgan fingerprint density at radius 3 is 2.55 bits per heavy atom. The number of likely N-dealkylation sites (tertiary alicyclic amines) is 1. The predicted molar refractivity (Wildman–Crippen MR) is 87.1 cm³/mol. The SMILES string of the molecule is COCCn1nc(C)c(NC(=O)N2C[C@@H](C)C[C@H](C)C2)c1C. The summed E-state index contributed by atoms with van der Waals surface area (Å²) in [6.45, 7) is 11.3. The lowest BCUT2D eigenvalue weighted by molar-refractivity contribution is 0.156. The number of nitrogens with zero attached hydrogens (tertiary/aromatic N) is 3. The van der Waals surface area contributed by atoms with Crippen LogP contribution in [-0.2, 0) is 11.3 Å². The Kier molecular flexibility index (Phi) is 5.45. The molecular formula is C16H28N4O2. The van der Waals surface area contributed by atoms with Crippen LogP contribution in [0.4, 0.5) is 10.5 Å². The molecule has 6 nitrogen and oxygen atoms in total. The molecule has 1 fully saturated rings. The fraction of sp³-hybridized carbons (Fsp3) is 0.750. The van der Waals surface area contributed by atoms with E-state index in [9.17, 15) is 4.79 Å². The molecule has 2 amide bonds. The molecular weight excluding hydrogens is 280 g/mol. The smallest absolute Gasteiger partial charge is 0.321 e. The molecule has 0 saturated carbocycles. The third-order valence-corrected chi connectivity index (χ3v) is 4.28. The molecule has 2 rings (SSSR count). The number of ether oxygens (including phenoxy) is 1. The van der Waals surface area contributed by atoms with Crippen LogP contribution in [0, 0.1) is 25.7 Å². The second-order valence-corrected chi connectivity index (χ2v) is 6.54. The summed E-state index contributed by atoms with van der Waals surface area (Å²) in [5.74, 6) is 1.11. The van der Waals surface area contributed by atoms with Crippen molar-refractivity contribution in [3.8, 4) is 0 Å². The maximum atomic E-state index is 12.5. The van der Waals surface area contributed by atoms with E-state index in [-0.39, 0.29) is 6.03 Å². The molecule has 0 unspecified atom stereocenters. The third-order valence-electron chi connectivity index (χ3n) is 4.28. The fourth-order valence-electron chi connectivity index (χ4n) is 3.29. The standard InChI is InChI=1S/C16H28N4O2/c1-11-8-12(2)10-19(9-11)16(21)17-15-13(3)18-20(14(15)4)6-7-22-5/h11-12H,6-10H2,1-5H3,(H,17,21)/t11-,12-/m0/s1. The number of aryl methyl sites for hydroxylation is 1. The number of nitrogens with one attached hydrogen (secondary N) is 1. The van der Waals surface area contributed by atoms with Gasteiger partial charge in [-0.05, 0) is 32.1 Å². The van der Waals surface area contributed by atoms with Gasteiger partial charge in [0.15, 0.2) is 0 Å². The molecule has 22 heavy (non-hydrogen) atoms. The first-order chi connectivity index (χ1) is 10.4. The summed E-state index contributed by atoms with van der Waals surface area (Å²) in [4.78, 5) is 14.5. The van der Waals surface area contributed by atoms with Crippen molar-refractivity contribution in [2.75, 3.05) is 32.1 Å². The largest absolute Gasteiger partial charge is 0.383 e. The number of carbonyl (C=O) groups excluding carboxylic acids is 1. The van der Waals surface area contributed by atoms with Gasteiger partial charge in [0.1, 0.15) is 0 Å². The number of hydrogen-bond donors (Lipinski definition) is 1. The van der Waals surface area contributed by atoms with E-state index in [1.165, 1.54) is 6.42 Å². The van der Waals surface area contributed by atoms with Gasteiger partial charge in [0.2, 0.25) is 0 Å². The number of piperidine rings is 1. The first-order valence-corrected chi connectivity index (χ1v) is 8.01. The monoisotopic (exact) mass is 308 g/mol. The van der Waals surface area contributed by atoms with Crippen molar-refractivity contribution < 1.29 is 9.53 Å². The number of urea groups is 1. The van der Waals surface area contributed by atoms with Crippen LogP contribution < -0.4 is 5.32 Å². The molecule has 1 N–H and O–H groups in total. The molecule has 0 bridgehead atoms. The van der Waals surface area contributed by atoms with E-state index in [4.69, 9.17) is 4.74 Å². The summed E-state index contributed by atoms with van der Waals surface area (Å²) in [7, 11) is 1.67. The summed E-state index contributed by atoms with van der Waals surface area (Å²) in [6.07, 6.45) is 1.19. The van der Waals surface area contributed by atoms with E-state index in [0.717, 1.165) is 30.2 Å². The van der Waals surface area contributed by atoms with Gasteiger partial charge in [-0.3, -0.25) is 4.68 Å². The van der Waals surface area contributed by atoms with Gasteiger partial charge in [0.25, 0.3) is 0 Å². The molecule has 1 aromatic rings. The van der Waals surface area contributed by atoms with Crippen LogP contribution in [0.15, 0.2) is 0 Å². The molecule has 2 atom stereocenters. The van der Waals surface area contributed by atoms with Crippen molar-refractivity contribution in [2.45, 2.75) is 40.7 Å². The third kappa shape index (κ3) is 3.80. The highest BCUT2D eigenvalue weighted by Gasteiger charge is 2.26. The summed E-state index contributed by atoms with van der Waals surface area (Å²) in [5, 5.41) is 7.53. The number of aromatic nitrogens is 2. The van der Waals surface area contributed by atoms with Crippen molar-refractivity contribution in [2.24, 2.45) is 11.8 Å². The van der Waals surface area contributed by atoms with E-state index in [1.807, 2.05) is 23.4 Å². The molecule has 1 saturated heterocycles. The van der Waals surface area contributed by atoms with Crippen LogP contribution in [0.2, 0.25) is 0 Å². The highest BCUT2D eigenvalue weighted by Crippen LogP contribution is 2.24. The summed E-state index contributed by atoms with van der Waals surface area (Å²) < 4.78 is 6.98. The highest BCUT2D eigenvalue weighted by atomic mass is 16.5. The van der Waals surface area contributed by atoms with E-state index >= 15 is 0 Å². The number of methoxy groups -OCH3 is 1. The van der Waals surface area contributed by atoms with Crippen molar-refractivity contribution >= 4 is 11.7 Å². The second-order valence-electron chi connectivity index (χ2n) is 6.54. The Hall–Kier alpha value is -1.56. The maximum absolute atomic E-state index is 12.5. The zero-order chi connectivity index (χ0) is 16.3. The van der Waals surface area contributed by atoms with Crippen LogP contribution in [0.1, 0.15) is 31.7 Å². The normalized spacial score (nSPS) is 22.0. The second kappa shape index (κ2) is 7.13. The van der Waals surface area contributed by atoms with E-state index in [2.05, 4.69) is 24.3 Å². The quantitative estimate of drug-likeness (QED) is 0.930. The number of amides is 2. The Bertz CT molecular complexity index is 516. The zero-order valence-electron chi connectivity index (χ0n) is 14.3. The minimum Gasteiger partial charge on any atom is -0.383 e. The average Bonchev–Trinajstić information content (AvgIpc) is 2.71. The van der Waals surface area contributed by atoms with Gasteiger partial charge in [0, 0.05) is 20.2 Å². The molecule has 1 aromatic heterocycles. The van der Waals surface area contributed by atoms with Crippen molar-refractivity contribution in [1.29, 1.82) is 0 Å². The first kappa shape index (κ1) is 16.8. The van der Waals surface area contributed by atoms with Crippen molar-refractivity contribution in [3.63, 3.8) is 0 Å². The molecule has 0 radical (unpaired) electrons. The number of anilines is 1. The highest BCUT2D eigenvalue weighted by molar-refractivity contribution is 5.90. The number of hydrogen-bond acceptors (Lipinski definition) is 3. The first-order valence-electron chi connectivity index (χ1n) is 8.01. The van der Waals surface area contributed by atoms with Crippen molar-refractivity contribution in [3.05, 3.63) is 11.4 Å².